The average molecular weight is 500 g/mol. The molecule has 0 spiro atoms. The number of nitrogens with one attached hydrogen (secondary N) is 1. The standard InChI is InChI=1S/C27H31Cl2N3O2/c1-4-22(5-2)32-25(17-9-11-19(28)12-10-17)23(18-7-6-8-20(29)13-18)16-27(3,26(32)34)15-21-14-24(33)31-30-21/h6-13,22-23,25H,4-5,14-16H2,1-3H3,(H,31,33)/t23-,25-,27+/m1/s1. The zero-order valence-electron chi connectivity index (χ0n) is 19.9. The van der Waals surface area contributed by atoms with Gasteiger partial charge < -0.3 is 4.90 Å². The van der Waals surface area contributed by atoms with E-state index in [1.54, 1.807) is 0 Å². The maximum Gasteiger partial charge on any atom is 0.245 e. The van der Waals surface area contributed by atoms with Gasteiger partial charge in [0, 0.05) is 34.1 Å². The Kier molecular flexibility index (Phi) is 7.34. The number of rotatable bonds is 7. The molecule has 0 aliphatic carbocycles. The predicted molar refractivity (Wildman–Crippen MR) is 137 cm³/mol. The van der Waals surface area contributed by atoms with E-state index >= 15 is 0 Å². The van der Waals surface area contributed by atoms with Gasteiger partial charge in [-0.05, 0) is 54.7 Å². The third-order valence-corrected chi connectivity index (χ3v) is 7.71. The molecule has 0 unspecified atom stereocenters. The van der Waals surface area contributed by atoms with Crippen LogP contribution in [0, 0.1) is 5.41 Å². The summed E-state index contributed by atoms with van der Waals surface area (Å²) in [6.45, 7) is 6.28. The number of piperidine rings is 1. The monoisotopic (exact) mass is 499 g/mol. The van der Waals surface area contributed by atoms with Gasteiger partial charge in [0.05, 0.1) is 17.9 Å². The Labute approximate surface area is 211 Å². The molecule has 3 atom stereocenters. The summed E-state index contributed by atoms with van der Waals surface area (Å²) in [4.78, 5) is 28.2. The quantitative estimate of drug-likeness (QED) is 0.471. The second kappa shape index (κ2) is 10.1. The molecule has 2 amide bonds. The lowest BCUT2D eigenvalue weighted by molar-refractivity contribution is -0.154. The zero-order chi connectivity index (χ0) is 24.5. The molecule has 1 saturated heterocycles. The second-order valence-electron chi connectivity index (χ2n) is 9.67. The van der Waals surface area contributed by atoms with Crippen LogP contribution in [0.15, 0.2) is 53.6 Å². The number of hydrogen-bond acceptors (Lipinski definition) is 3. The van der Waals surface area contributed by atoms with E-state index in [9.17, 15) is 9.59 Å². The average Bonchev–Trinajstić information content (AvgIpc) is 3.22. The normalized spacial score (nSPS) is 25.0. The maximum absolute atomic E-state index is 14.3. The van der Waals surface area contributed by atoms with Crippen molar-refractivity contribution in [2.45, 2.75) is 70.9 Å². The Morgan fingerprint density at radius 1 is 1.06 bits per heavy atom. The van der Waals surface area contributed by atoms with Crippen molar-refractivity contribution in [1.82, 2.24) is 10.3 Å². The smallest absolute Gasteiger partial charge is 0.245 e. The summed E-state index contributed by atoms with van der Waals surface area (Å²) < 4.78 is 0. The summed E-state index contributed by atoms with van der Waals surface area (Å²) in [5, 5.41) is 5.55. The maximum atomic E-state index is 14.3. The van der Waals surface area contributed by atoms with Crippen molar-refractivity contribution in [2.75, 3.05) is 0 Å². The van der Waals surface area contributed by atoms with E-state index in [1.807, 2.05) is 49.4 Å². The molecule has 2 aromatic rings. The van der Waals surface area contributed by atoms with Gasteiger partial charge in [0.1, 0.15) is 0 Å². The molecular formula is C27H31Cl2N3O2. The van der Waals surface area contributed by atoms with E-state index in [2.05, 4.69) is 35.3 Å². The Morgan fingerprint density at radius 3 is 2.35 bits per heavy atom. The minimum absolute atomic E-state index is 0.0221. The van der Waals surface area contributed by atoms with Crippen molar-refractivity contribution >= 4 is 40.7 Å². The van der Waals surface area contributed by atoms with Crippen molar-refractivity contribution in [3.05, 3.63) is 69.7 Å². The molecule has 2 aliphatic rings. The minimum Gasteiger partial charge on any atom is -0.332 e. The summed E-state index contributed by atoms with van der Waals surface area (Å²) in [5.41, 5.74) is 4.74. The lowest BCUT2D eigenvalue weighted by atomic mass is 9.66. The third-order valence-electron chi connectivity index (χ3n) is 7.22. The third kappa shape index (κ3) is 4.87. The van der Waals surface area contributed by atoms with Crippen LogP contribution >= 0.6 is 23.2 Å². The van der Waals surface area contributed by atoms with Gasteiger partial charge >= 0.3 is 0 Å². The van der Waals surface area contributed by atoms with Gasteiger partial charge in [-0.2, -0.15) is 5.10 Å². The number of benzene rings is 2. The van der Waals surface area contributed by atoms with E-state index in [0.717, 1.165) is 29.7 Å². The summed E-state index contributed by atoms with van der Waals surface area (Å²) in [6, 6.07) is 15.7. The van der Waals surface area contributed by atoms with Gasteiger partial charge in [-0.15, -0.1) is 0 Å². The molecule has 2 aliphatic heterocycles. The molecule has 2 aromatic carbocycles. The molecule has 2 heterocycles. The SMILES string of the molecule is CCC(CC)N1C(=O)[C@@](C)(CC2=NNC(=O)C2)C[C@H](c2cccc(Cl)c2)[C@H]1c1ccc(Cl)cc1. The number of carbonyl (C=O) groups is 2. The van der Waals surface area contributed by atoms with Gasteiger partial charge in [-0.3, -0.25) is 9.59 Å². The van der Waals surface area contributed by atoms with E-state index in [0.29, 0.717) is 22.9 Å². The zero-order valence-corrected chi connectivity index (χ0v) is 21.4. The molecule has 4 rings (SSSR count). The molecule has 0 radical (unpaired) electrons. The molecule has 7 heteroatoms. The van der Waals surface area contributed by atoms with Crippen LogP contribution in [0.5, 0.6) is 0 Å². The number of likely N-dealkylation sites (tertiary alicyclic amines) is 1. The number of nitrogens with zero attached hydrogens (tertiary/aromatic N) is 2. The first-order valence-corrected chi connectivity index (χ1v) is 12.7. The first-order valence-electron chi connectivity index (χ1n) is 11.9. The number of amides is 2. The number of hydrogen-bond donors (Lipinski definition) is 1. The first-order chi connectivity index (χ1) is 16.3. The fraction of sp³-hybridized carbons (Fsp3) is 0.444. The number of halogens is 2. The molecule has 0 aromatic heterocycles. The van der Waals surface area contributed by atoms with Crippen molar-refractivity contribution in [2.24, 2.45) is 10.5 Å². The Morgan fingerprint density at radius 2 is 1.76 bits per heavy atom. The van der Waals surface area contributed by atoms with Crippen LogP contribution in [0.3, 0.4) is 0 Å². The fourth-order valence-corrected chi connectivity index (χ4v) is 5.91. The van der Waals surface area contributed by atoms with Gasteiger partial charge in [0.25, 0.3) is 0 Å². The van der Waals surface area contributed by atoms with Gasteiger partial charge in [-0.1, -0.05) is 68.2 Å². The van der Waals surface area contributed by atoms with Gasteiger partial charge in [0.2, 0.25) is 11.8 Å². The van der Waals surface area contributed by atoms with Gasteiger partial charge in [-0.25, -0.2) is 5.43 Å². The minimum atomic E-state index is -0.691. The van der Waals surface area contributed by atoms with Crippen molar-refractivity contribution in [1.29, 1.82) is 0 Å². The highest BCUT2D eigenvalue weighted by molar-refractivity contribution is 6.30. The van der Waals surface area contributed by atoms with E-state index in [1.165, 1.54) is 0 Å². The van der Waals surface area contributed by atoms with Gasteiger partial charge in [0.15, 0.2) is 0 Å². The molecule has 1 N–H and O–H groups in total. The Bertz CT molecular complexity index is 1100. The van der Waals surface area contributed by atoms with E-state index in [-0.39, 0.29) is 36.2 Å². The number of carbonyl (C=O) groups excluding carboxylic acids is 2. The van der Waals surface area contributed by atoms with Crippen LogP contribution < -0.4 is 5.43 Å². The molecule has 5 nitrogen and oxygen atoms in total. The molecule has 34 heavy (non-hydrogen) atoms. The van der Waals surface area contributed by atoms with Crippen LogP contribution in [-0.4, -0.2) is 28.5 Å². The highest BCUT2D eigenvalue weighted by Crippen LogP contribution is 2.52. The first kappa shape index (κ1) is 24.7. The summed E-state index contributed by atoms with van der Waals surface area (Å²) in [7, 11) is 0. The van der Waals surface area contributed by atoms with Crippen molar-refractivity contribution < 1.29 is 9.59 Å². The predicted octanol–water partition coefficient (Wildman–Crippen LogP) is 6.51. The van der Waals surface area contributed by atoms with Crippen LogP contribution in [0.1, 0.15) is 76.0 Å². The highest BCUT2D eigenvalue weighted by Gasteiger charge is 2.51. The van der Waals surface area contributed by atoms with Crippen LogP contribution in [0.4, 0.5) is 0 Å². The molecule has 0 bridgehead atoms. The van der Waals surface area contributed by atoms with Crippen LogP contribution in [-0.2, 0) is 9.59 Å². The topological polar surface area (TPSA) is 61.8 Å². The van der Waals surface area contributed by atoms with E-state index in [4.69, 9.17) is 23.2 Å². The lowest BCUT2D eigenvalue weighted by Gasteiger charge is -2.52. The number of hydrazone groups is 1. The van der Waals surface area contributed by atoms with E-state index < -0.39 is 5.41 Å². The molecule has 180 valence electrons. The summed E-state index contributed by atoms with van der Waals surface area (Å²) >= 11 is 12.6. The largest absolute Gasteiger partial charge is 0.332 e. The van der Waals surface area contributed by atoms with Crippen molar-refractivity contribution in [3.63, 3.8) is 0 Å². The van der Waals surface area contributed by atoms with Crippen LogP contribution in [0.25, 0.3) is 0 Å². The van der Waals surface area contributed by atoms with Crippen molar-refractivity contribution in [3.8, 4) is 0 Å². The molecular weight excluding hydrogens is 469 g/mol. The highest BCUT2D eigenvalue weighted by atomic mass is 35.5. The summed E-state index contributed by atoms with van der Waals surface area (Å²) in [5.74, 6) is 0.0134. The Balaban J connectivity index is 1.85. The Hall–Kier alpha value is -2.37. The molecule has 0 saturated carbocycles. The molecule has 1 fully saturated rings. The fourth-order valence-electron chi connectivity index (χ4n) is 5.59. The summed E-state index contributed by atoms with van der Waals surface area (Å²) in [6.07, 6.45) is 3.03. The van der Waals surface area contributed by atoms with Crippen LogP contribution in [0.2, 0.25) is 10.0 Å². The second-order valence-corrected chi connectivity index (χ2v) is 10.5. The lowest BCUT2D eigenvalue weighted by Crippen LogP contribution is -2.55.